The lowest BCUT2D eigenvalue weighted by Gasteiger charge is -2.35. The van der Waals surface area contributed by atoms with E-state index in [2.05, 4.69) is 15.1 Å². The van der Waals surface area contributed by atoms with Gasteiger partial charge in [0.05, 0.1) is 18.9 Å². The third kappa shape index (κ3) is 6.75. The zero-order valence-corrected chi connectivity index (χ0v) is 15.7. The number of aromatic nitrogens is 2. The fraction of sp³-hybridized carbons (Fsp3) is 0.750. The number of sulfonamides is 1. The Morgan fingerprint density at radius 1 is 1.40 bits per heavy atom. The van der Waals surface area contributed by atoms with E-state index in [-0.39, 0.29) is 24.0 Å². The molecule has 9 heteroatoms. The molecule has 0 bridgehead atoms. The summed E-state index contributed by atoms with van der Waals surface area (Å²) in [5, 5.41) is 7.00. The minimum absolute atomic E-state index is 0.0404. The van der Waals surface area contributed by atoms with Gasteiger partial charge in [-0.1, -0.05) is 6.92 Å². The Kier molecular flexibility index (Phi) is 7.39. The zero-order chi connectivity index (χ0) is 18.3. The van der Waals surface area contributed by atoms with Crippen molar-refractivity contribution in [3.8, 4) is 0 Å². The number of carbonyl (C=O) groups is 1. The van der Waals surface area contributed by atoms with Gasteiger partial charge in [-0.3, -0.25) is 9.48 Å². The zero-order valence-electron chi connectivity index (χ0n) is 14.8. The average molecular weight is 372 g/mol. The molecule has 2 rings (SSSR count). The Bertz CT molecular complexity index is 633. The molecule has 0 aliphatic heterocycles. The molecule has 0 spiro atoms. The third-order valence-corrected chi connectivity index (χ3v) is 4.99. The van der Waals surface area contributed by atoms with Crippen LogP contribution in [0.25, 0.3) is 0 Å². The van der Waals surface area contributed by atoms with E-state index in [1.807, 2.05) is 19.2 Å². The van der Waals surface area contributed by atoms with Gasteiger partial charge in [-0.15, -0.1) is 0 Å². The van der Waals surface area contributed by atoms with Crippen LogP contribution in [-0.4, -0.2) is 55.7 Å². The maximum atomic E-state index is 12.4. The summed E-state index contributed by atoms with van der Waals surface area (Å²) in [6, 6.07) is 1.47. The molecule has 1 saturated carbocycles. The molecule has 8 nitrogen and oxygen atoms in total. The van der Waals surface area contributed by atoms with Crippen LogP contribution >= 0.6 is 0 Å². The fourth-order valence-electron chi connectivity index (χ4n) is 3.12. The topological polar surface area (TPSA) is 102 Å². The van der Waals surface area contributed by atoms with Crippen LogP contribution in [0.1, 0.15) is 32.6 Å². The van der Waals surface area contributed by atoms with E-state index in [0.717, 1.165) is 12.7 Å². The van der Waals surface area contributed by atoms with Gasteiger partial charge in [0.25, 0.3) is 0 Å². The van der Waals surface area contributed by atoms with E-state index < -0.39 is 10.0 Å². The van der Waals surface area contributed by atoms with E-state index in [9.17, 15) is 13.2 Å². The molecule has 1 heterocycles. The van der Waals surface area contributed by atoms with Gasteiger partial charge < -0.3 is 10.1 Å². The van der Waals surface area contributed by atoms with Crippen molar-refractivity contribution in [1.29, 1.82) is 0 Å². The van der Waals surface area contributed by atoms with Gasteiger partial charge in [-0.2, -0.15) is 5.10 Å². The molecule has 1 fully saturated rings. The van der Waals surface area contributed by atoms with Crippen LogP contribution in [0.15, 0.2) is 18.5 Å². The average Bonchev–Trinajstić information content (AvgIpc) is 3.05. The van der Waals surface area contributed by atoms with E-state index in [1.54, 1.807) is 10.9 Å². The van der Waals surface area contributed by atoms with E-state index in [0.29, 0.717) is 39.0 Å². The number of hydrogen-bond donors (Lipinski definition) is 2. The lowest BCUT2D eigenvalue weighted by molar-refractivity contribution is -0.127. The summed E-state index contributed by atoms with van der Waals surface area (Å²) in [5.74, 6) is -0.250. The van der Waals surface area contributed by atoms with Gasteiger partial charge in [-0.25, -0.2) is 13.1 Å². The van der Waals surface area contributed by atoms with Gasteiger partial charge in [0.15, 0.2) is 0 Å². The lowest BCUT2D eigenvalue weighted by atomic mass is 9.83. The standard InChI is InChI=1S/C16H28N4O4S/c1-3-11-24-15-6-5-13(12-14(15)19-25(2,22)23)16(21)17-8-10-20-9-4-7-18-20/h4,7,9,13-15,19H,3,5-6,8,10-12H2,1-2H3,(H,17,21)/t13-,14+,15+/m0/s1. The van der Waals surface area contributed by atoms with Crippen LogP contribution in [0.3, 0.4) is 0 Å². The van der Waals surface area contributed by atoms with Crippen molar-refractivity contribution in [2.75, 3.05) is 19.4 Å². The SMILES string of the molecule is CCCO[C@@H]1CC[C@H](C(=O)NCCn2cccn2)C[C@H]1NS(C)(=O)=O. The van der Waals surface area contributed by atoms with Gasteiger partial charge in [0.2, 0.25) is 15.9 Å². The monoisotopic (exact) mass is 372 g/mol. The lowest BCUT2D eigenvalue weighted by Crippen LogP contribution is -2.50. The van der Waals surface area contributed by atoms with Crippen LogP contribution in [-0.2, 0) is 26.1 Å². The smallest absolute Gasteiger partial charge is 0.223 e. The Labute approximate surface area is 149 Å². The molecule has 1 aliphatic rings. The maximum Gasteiger partial charge on any atom is 0.223 e. The number of rotatable bonds is 9. The first kappa shape index (κ1) is 19.9. The molecule has 25 heavy (non-hydrogen) atoms. The van der Waals surface area contributed by atoms with Gasteiger partial charge in [-0.05, 0) is 31.7 Å². The predicted molar refractivity (Wildman–Crippen MR) is 94.4 cm³/mol. The van der Waals surface area contributed by atoms with Gasteiger partial charge in [0.1, 0.15) is 0 Å². The molecule has 1 aromatic rings. The highest BCUT2D eigenvalue weighted by atomic mass is 32.2. The number of nitrogens with zero attached hydrogens (tertiary/aromatic N) is 2. The Morgan fingerprint density at radius 2 is 2.20 bits per heavy atom. The second-order valence-corrected chi connectivity index (χ2v) is 8.26. The normalized spacial score (nSPS) is 24.2. The summed E-state index contributed by atoms with van der Waals surface area (Å²) in [6.45, 7) is 3.71. The van der Waals surface area contributed by atoms with Crippen molar-refractivity contribution in [2.45, 2.75) is 51.3 Å². The summed E-state index contributed by atoms with van der Waals surface area (Å²) in [7, 11) is -3.35. The number of nitrogens with one attached hydrogen (secondary N) is 2. The molecule has 0 unspecified atom stereocenters. The summed E-state index contributed by atoms with van der Waals surface area (Å²) < 4.78 is 33.4. The molecule has 0 radical (unpaired) electrons. The van der Waals surface area contributed by atoms with Crippen LogP contribution in [0.2, 0.25) is 0 Å². The fourth-order valence-corrected chi connectivity index (χ4v) is 3.92. The predicted octanol–water partition coefficient (Wildman–Crippen LogP) is 0.512. The largest absolute Gasteiger partial charge is 0.377 e. The molecule has 3 atom stereocenters. The van der Waals surface area contributed by atoms with Crippen molar-refractivity contribution in [3.63, 3.8) is 0 Å². The minimum atomic E-state index is -3.35. The number of amides is 1. The molecule has 1 amide bonds. The van der Waals surface area contributed by atoms with Crippen LogP contribution in [0.5, 0.6) is 0 Å². The Hall–Kier alpha value is -1.45. The minimum Gasteiger partial charge on any atom is -0.377 e. The van der Waals surface area contributed by atoms with E-state index in [4.69, 9.17) is 4.74 Å². The third-order valence-electron chi connectivity index (χ3n) is 4.26. The molecule has 0 aromatic carbocycles. The van der Waals surface area contributed by atoms with Crippen molar-refractivity contribution in [3.05, 3.63) is 18.5 Å². The van der Waals surface area contributed by atoms with E-state index in [1.165, 1.54) is 0 Å². The maximum absolute atomic E-state index is 12.4. The van der Waals surface area contributed by atoms with Crippen LogP contribution in [0.4, 0.5) is 0 Å². The molecule has 2 N–H and O–H groups in total. The van der Waals surface area contributed by atoms with Crippen LogP contribution < -0.4 is 10.0 Å². The van der Waals surface area contributed by atoms with Gasteiger partial charge >= 0.3 is 0 Å². The first-order valence-corrected chi connectivity index (χ1v) is 10.6. The molecular weight excluding hydrogens is 344 g/mol. The molecule has 0 saturated heterocycles. The number of carbonyl (C=O) groups excluding carboxylic acids is 1. The second-order valence-electron chi connectivity index (χ2n) is 6.48. The van der Waals surface area contributed by atoms with Gasteiger partial charge in [0, 0.05) is 37.5 Å². The van der Waals surface area contributed by atoms with Crippen LogP contribution in [0, 0.1) is 5.92 Å². The summed E-state index contributed by atoms with van der Waals surface area (Å²) in [4.78, 5) is 12.4. The first-order chi connectivity index (χ1) is 11.9. The number of ether oxygens (including phenoxy) is 1. The van der Waals surface area contributed by atoms with E-state index >= 15 is 0 Å². The molecule has 1 aliphatic carbocycles. The van der Waals surface area contributed by atoms with Crippen molar-refractivity contribution in [2.24, 2.45) is 5.92 Å². The second kappa shape index (κ2) is 9.30. The quantitative estimate of drug-likeness (QED) is 0.658. The molecular formula is C16H28N4O4S. The summed E-state index contributed by atoms with van der Waals surface area (Å²) in [5.41, 5.74) is 0. The first-order valence-electron chi connectivity index (χ1n) is 8.73. The van der Waals surface area contributed by atoms with Crippen molar-refractivity contribution in [1.82, 2.24) is 19.8 Å². The highest BCUT2D eigenvalue weighted by Crippen LogP contribution is 2.27. The molecule has 142 valence electrons. The Balaban J connectivity index is 1.87. The Morgan fingerprint density at radius 3 is 2.84 bits per heavy atom. The number of hydrogen-bond acceptors (Lipinski definition) is 5. The van der Waals surface area contributed by atoms with Crippen molar-refractivity contribution >= 4 is 15.9 Å². The summed E-state index contributed by atoms with van der Waals surface area (Å²) in [6.07, 6.45) is 7.19. The van der Waals surface area contributed by atoms with Crippen molar-refractivity contribution < 1.29 is 17.9 Å². The molecule has 1 aromatic heterocycles. The highest BCUT2D eigenvalue weighted by molar-refractivity contribution is 7.88. The highest BCUT2D eigenvalue weighted by Gasteiger charge is 2.35. The summed E-state index contributed by atoms with van der Waals surface area (Å²) >= 11 is 0.